The largest absolute Gasteiger partial charge is 0.300 e. The molecule has 0 atom stereocenters. The molecule has 0 unspecified atom stereocenters. The minimum absolute atomic E-state index is 0.0424. The predicted molar refractivity (Wildman–Crippen MR) is 69.3 cm³/mol. The highest BCUT2D eigenvalue weighted by atomic mass is 32.1. The average molecular weight is 263 g/mol. The summed E-state index contributed by atoms with van der Waals surface area (Å²) in [5, 5.41) is 11.8. The molecule has 18 heavy (non-hydrogen) atoms. The molecule has 1 amide bonds. The number of nitrogens with zero attached hydrogens (tertiary/aromatic N) is 3. The van der Waals surface area contributed by atoms with Gasteiger partial charge in [0.15, 0.2) is 18.9 Å². The molecular formula is C12H15N4OS+. The van der Waals surface area contributed by atoms with E-state index in [9.17, 15) is 4.79 Å². The van der Waals surface area contributed by atoms with Crippen LogP contribution in [0.1, 0.15) is 17.0 Å². The molecule has 0 aromatic carbocycles. The van der Waals surface area contributed by atoms with E-state index in [2.05, 4.69) is 15.5 Å². The topological polar surface area (TPSA) is 58.8 Å². The van der Waals surface area contributed by atoms with Crippen LogP contribution >= 0.6 is 11.3 Å². The molecule has 0 aliphatic carbocycles. The number of aryl methyl sites for hydroxylation is 3. The van der Waals surface area contributed by atoms with Crippen molar-refractivity contribution in [1.82, 2.24) is 10.2 Å². The standard InChI is InChI=1S/C12H14N4OS/c1-9-3-6-16(7-4-9)8-5-11(17)13-12-15-14-10(2)18-12/h3-4,6-7H,5,8H2,1-2H3/p+1. The molecule has 5 nitrogen and oxygen atoms in total. The number of carbonyl (C=O) groups excluding carboxylic acids is 1. The first-order chi connectivity index (χ1) is 8.63. The summed E-state index contributed by atoms with van der Waals surface area (Å²) in [5.74, 6) is -0.0424. The van der Waals surface area contributed by atoms with E-state index in [1.165, 1.54) is 16.9 Å². The van der Waals surface area contributed by atoms with E-state index in [4.69, 9.17) is 0 Å². The predicted octanol–water partition coefficient (Wildman–Crippen LogP) is 1.47. The maximum Gasteiger partial charge on any atom is 0.232 e. The maximum absolute atomic E-state index is 11.7. The molecule has 94 valence electrons. The van der Waals surface area contributed by atoms with Crippen molar-refractivity contribution in [2.75, 3.05) is 5.32 Å². The van der Waals surface area contributed by atoms with Gasteiger partial charge >= 0.3 is 0 Å². The molecule has 0 saturated carbocycles. The van der Waals surface area contributed by atoms with Crippen LogP contribution in [-0.4, -0.2) is 16.1 Å². The number of nitrogens with one attached hydrogen (secondary N) is 1. The summed E-state index contributed by atoms with van der Waals surface area (Å²) in [6.45, 7) is 4.55. The van der Waals surface area contributed by atoms with Crippen molar-refractivity contribution in [3.63, 3.8) is 0 Å². The molecular weight excluding hydrogens is 248 g/mol. The summed E-state index contributed by atoms with van der Waals surface area (Å²) < 4.78 is 1.98. The third-order valence-corrected chi connectivity index (χ3v) is 3.18. The van der Waals surface area contributed by atoms with Gasteiger partial charge in [0.25, 0.3) is 0 Å². The highest BCUT2D eigenvalue weighted by molar-refractivity contribution is 7.15. The zero-order valence-corrected chi connectivity index (χ0v) is 11.2. The Morgan fingerprint density at radius 1 is 1.33 bits per heavy atom. The Hall–Kier alpha value is -1.82. The Kier molecular flexibility index (Phi) is 3.99. The molecule has 0 fully saturated rings. The number of carbonyl (C=O) groups is 1. The van der Waals surface area contributed by atoms with Crippen molar-refractivity contribution >= 4 is 22.4 Å². The Bertz CT molecular complexity index is 535. The molecule has 0 aliphatic rings. The molecule has 0 bridgehead atoms. The first kappa shape index (κ1) is 12.6. The molecule has 2 aromatic heterocycles. The Morgan fingerprint density at radius 3 is 2.67 bits per heavy atom. The quantitative estimate of drug-likeness (QED) is 0.850. The van der Waals surface area contributed by atoms with Gasteiger partial charge in [-0.15, -0.1) is 10.2 Å². The van der Waals surface area contributed by atoms with Crippen LogP contribution in [0.25, 0.3) is 0 Å². The normalized spacial score (nSPS) is 10.3. The molecule has 1 N–H and O–H groups in total. The third kappa shape index (κ3) is 3.59. The maximum atomic E-state index is 11.7. The van der Waals surface area contributed by atoms with E-state index in [0.717, 1.165) is 5.01 Å². The summed E-state index contributed by atoms with van der Waals surface area (Å²) in [5.41, 5.74) is 1.21. The fourth-order valence-corrected chi connectivity index (χ4v) is 2.05. The fraction of sp³-hybridized carbons (Fsp3) is 0.333. The van der Waals surface area contributed by atoms with Crippen LogP contribution in [0, 0.1) is 13.8 Å². The van der Waals surface area contributed by atoms with Gasteiger partial charge in [0.1, 0.15) is 5.01 Å². The molecule has 2 heterocycles. The number of rotatable bonds is 4. The van der Waals surface area contributed by atoms with Crippen molar-refractivity contribution in [1.29, 1.82) is 0 Å². The number of anilines is 1. The van der Waals surface area contributed by atoms with E-state index in [0.29, 0.717) is 18.1 Å². The highest BCUT2D eigenvalue weighted by Crippen LogP contribution is 2.13. The average Bonchev–Trinajstić information content (AvgIpc) is 2.74. The zero-order chi connectivity index (χ0) is 13.0. The van der Waals surface area contributed by atoms with Crippen LogP contribution in [0.15, 0.2) is 24.5 Å². The second-order valence-electron chi connectivity index (χ2n) is 4.04. The van der Waals surface area contributed by atoms with Gasteiger partial charge in [-0.05, 0) is 19.4 Å². The van der Waals surface area contributed by atoms with Crippen molar-refractivity contribution in [2.24, 2.45) is 0 Å². The second kappa shape index (κ2) is 5.68. The summed E-state index contributed by atoms with van der Waals surface area (Å²) in [4.78, 5) is 11.7. The Labute approximate surface area is 110 Å². The minimum atomic E-state index is -0.0424. The van der Waals surface area contributed by atoms with Gasteiger partial charge in [-0.1, -0.05) is 11.3 Å². The summed E-state index contributed by atoms with van der Waals surface area (Å²) >= 11 is 1.38. The SMILES string of the molecule is Cc1cc[n+](CCC(=O)Nc2nnc(C)s2)cc1. The smallest absolute Gasteiger partial charge is 0.232 e. The van der Waals surface area contributed by atoms with Gasteiger partial charge in [0.05, 0.1) is 6.42 Å². The van der Waals surface area contributed by atoms with Crippen LogP contribution in [0.4, 0.5) is 5.13 Å². The van der Waals surface area contributed by atoms with E-state index < -0.39 is 0 Å². The number of hydrogen-bond donors (Lipinski definition) is 1. The Morgan fingerprint density at radius 2 is 2.06 bits per heavy atom. The molecule has 0 aliphatic heterocycles. The molecule has 6 heteroatoms. The molecule has 0 spiro atoms. The number of aromatic nitrogens is 3. The van der Waals surface area contributed by atoms with E-state index >= 15 is 0 Å². The van der Waals surface area contributed by atoms with Crippen LogP contribution in [-0.2, 0) is 11.3 Å². The minimum Gasteiger partial charge on any atom is -0.300 e. The first-order valence-corrected chi connectivity index (χ1v) is 6.51. The van der Waals surface area contributed by atoms with Gasteiger partial charge in [0.2, 0.25) is 11.0 Å². The van der Waals surface area contributed by atoms with Crippen molar-refractivity contribution in [3.8, 4) is 0 Å². The second-order valence-corrected chi connectivity index (χ2v) is 5.22. The lowest BCUT2D eigenvalue weighted by Gasteiger charge is -1.99. The van der Waals surface area contributed by atoms with Crippen LogP contribution in [0.2, 0.25) is 0 Å². The molecule has 2 rings (SSSR count). The van der Waals surface area contributed by atoms with E-state index in [1.807, 2.05) is 42.9 Å². The van der Waals surface area contributed by atoms with Crippen LogP contribution in [0.3, 0.4) is 0 Å². The Balaban J connectivity index is 1.83. The lowest BCUT2D eigenvalue weighted by Crippen LogP contribution is -2.34. The third-order valence-electron chi connectivity index (χ3n) is 2.43. The van der Waals surface area contributed by atoms with Gasteiger partial charge in [-0.2, -0.15) is 0 Å². The van der Waals surface area contributed by atoms with Crippen LogP contribution < -0.4 is 9.88 Å². The summed E-state index contributed by atoms with van der Waals surface area (Å²) in [6.07, 6.45) is 4.36. The van der Waals surface area contributed by atoms with Gasteiger partial charge in [-0.25, -0.2) is 4.57 Å². The van der Waals surface area contributed by atoms with Crippen molar-refractivity contribution in [3.05, 3.63) is 35.1 Å². The van der Waals surface area contributed by atoms with E-state index in [-0.39, 0.29) is 5.91 Å². The van der Waals surface area contributed by atoms with Gasteiger partial charge in [0, 0.05) is 12.1 Å². The molecule has 0 saturated heterocycles. The fourth-order valence-electron chi connectivity index (χ4n) is 1.44. The lowest BCUT2D eigenvalue weighted by molar-refractivity contribution is -0.695. The van der Waals surface area contributed by atoms with Gasteiger partial charge < -0.3 is 5.32 Å². The first-order valence-electron chi connectivity index (χ1n) is 5.69. The number of pyridine rings is 1. The van der Waals surface area contributed by atoms with Gasteiger partial charge in [-0.3, -0.25) is 4.79 Å². The van der Waals surface area contributed by atoms with Crippen LogP contribution in [0.5, 0.6) is 0 Å². The summed E-state index contributed by atoms with van der Waals surface area (Å²) in [6, 6.07) is 4.04. The highest BCUT2D eigenvalue weighted by Gasteiger charge is 2.09. The monoisotopic (exact) mass is 263 g/mol. The van der Waals surface area contributed by atoms with Crippen molar-refractivity contribution in [2.45, 2.75) is 26.8 Å². The van der Waals surface area contributed by atoms with Crippen molar-refractivity contribution < 1.29 is 9.36 Å². The lowest BCUT2D eigenvalue weighted by atomic mass is 10.3. The zero-order valence-electron chi connectivity index (χ0n) is 10.4. The summed E-state index contributed by atoms with van der Waals surface area (Å²) in [7, 11) is 0. The molecule has 2 aromatic rings. The molecule has 0 radical (unpaired) electrons. The van der Waals surface area contributed by atoms with E-state index in [1.54, 1.807) is 0 Å². The number of amides is 1. The number of hydrogen-bond acceptors (Lipinski definition) is 4.